The van der Waals surface area contributed by atoms with E-state index in [-0.39, 0.29) is 0 Å². The quantitative estimate of drug-likeness (QED) is 0.816. The first-order chi connectivity index (χ1) is 8.88. The first-order valence-corrected chi connectivity index (χ1v) is 7.02. The lowest BCUT2D eigenvalue weighted by Gasteiger charge is -2.40. The maximum atomic E-state index is 3.91. The van der Waals surface area contributed by atoms with E-state index >= 15 is 0 Å². The maximum Gasteiger partial charge on any atom is 0.0476 e. The molecule has 0 spiro atoms. The molecule has 1 aliphatic carbocycles. The van der Waals surface area contributed by atoms with Crippen molar-refractivity contribution in [1.29, 1.82) is 0 Å². The number of rotatable bonds is 4. The molecule has 18 heavy (non-hydrogen) atoms. The van der Waals surface area contributed by atoms with Crippen LogP contribution in [0.4, 0.5) is 0 Å². The van der Waals surface area contributed by atoms with Gasteiger partial charge in [0.25, 0.3) is 0 Å². The van der Waals surface area contributed by atoms with Crippen molar-refractivity contribution in [3.63, 3.8) is 0 Å². The summed E-state index contributed by atoms with van der Waals surface area (Å²) in [5.74, 6) is 0.925. The molecule has 1 aromatic rings. The largest absolute Gasteiger partial charge is 0.311 e. The first-order valence-electron chi connectivity index (χ1n) is 7.02. The van der Waals surface area contributed by atoms with Crippen LogP contribution in [0, 0.1) is 5.92 Å². The maximum absolute atomic E-state index is 3.91. The van der Waals surface area contributed by atoms with Gasteiger partial charge in [0.2, 0.25) is 0 Å². The average Bonchev–Trinajstić information content (AvgIpc) is 3.24. The molecular weight excluding hydrogens is 220 g/mol. The Morgan fingerprint density at radius 1 is 1.28 bits per heavy atom. The van der Waals surface area contributed by atoms with Crippen LogP contribution < -0.4 is 5.32 Å². The van der Waals surface area contributed by atoms with E-state index in [1.165, 1.54) is 18.4 Å². The third-order valence-corrected chi connectivity index (χ3v) is 4.18. The molecule has 1 N–H and O–H groups in total. The Hall–Kier alpha value is -1.12. The van der Waals surface area contributed by atoms with Crippen molar-refractivity contribution >= 4 is 0 Å². The highest BCUT2D eigenvalue weighted by Crippen LogP contribution is 2.36. The fourth-order valence-corrected chi connectivity index (χ4v) is 3.02. The van der Waals surface area contributed by atoms with Crippen LogP contribution in [0.1, 0.15) is 24.4 Å². The molecule has 3 rings (SSSR count). The van der Waals surface area contributed by atoms with E-state index in [9.17, 15) is 0 Å². The predicted molar refractivity (Wildman–Crippen MR) is 75.5 cm³/mol. The lowest BCUT2D eigenvalue weighted by Crippen LogP contribution is -2.53. The molecule has 2 aliphatic rings. The van der Waals surface area contributed by atoms with Gasteiger partial charge in [-0.3, -0.25) is 4.90 Å². The van der Waals surface area contributed by atoms with Gasteiger partial charge in [-0.05, 0) is 24.3 Å². The summed E-state index contributed by atoms with van der Waals surface area (Å²) in [5.41, 5.74) is 1.42. The van der Waals surface area contributed by atoms with Crippen molar-refractivity contribution in [3.8, 4) is 0 Å². The second-order valence-corrected chi connectivity index (χ2v) is 5.52. The Balaban J connectivity index is 1.74. The average molecular weight is 242 g/mol. The molecule has 1 saturated carbocycles. The fourth-order valence-electron chi connectivity index (χ4n) is 3.02. The van der Waals surface area contributed by atoms with E-state index in [1.807, 2.05) is 6.08 Å². The van der Waals surface area contributed by atoms with Crippen LogP contribution in [0.2, 0.25) is 0 Å². The van der Waals surface area contributed by atoms with E-state index in [2.05, 4.69) is 47.1 Å². The summed E-state index contributed by atoms with van der Waals surface area (Å²) in [6.45, 7) is 7.13. The van der Waals surface area contributed by atoms with E-state index < -0.39 is 0 Å². The van der Waals surface area contributed by atoms with Crippen molar-refractivity contribution in [3.05, 3.63) is 48.6 Å². The third kappa shape index (κ3) is 2.50. The van der Waals surface area contributed by atoms with Crippen LogP contribution in [0.3, 0.4) is 0 Å². The summed E-state index contributed by atoms with van der Waals surface area (Å²) >= 11 is 0. The van der Waals surface area contributed by atoms with Gasteiger partial charge in [-0.1, -0.05) is 36.4 Å². The predicted octanol–water partition coefficient (Wildman–Crippen LogP) is 2.60. The highest BCUT2D eigenvalue weighted by Gasteiger charge is 2.37. The minimum Gasteiger partial charge on any atom is -0.311 e. The number of nitrogens with one attached hydrogen (secondary N) is 1. The minimum atomic E-state index is 0.499. The number of piperazine rings is 1. The van der Waals surface area contributed by atoms with Crippen molar-refractivity contribution < 1.29 is 0 Å². The van der Waals surface area contributed by atoms with Gasteiger partial charge in [0.15, 0.2) is 0 Å². The molecule has 1 aromatic carbocycles. The summed E-state index contributed by atoms with van der Waals surface area (Å²) in [6, 6.07) is 12.0. The van der Waals surface area contributed by atoms with Crippen LogP contribution in [-0.4, -0.2) is 30.6 Å². The molecule has 2 heteroatoms. The van der Waals surface area contributed by atoms with Gasteiger partial charge in [0.1, 0.15) is 0 Å². The highest BCUT2D eigenvalue weighted by atomic mass is 15.2. The zero-order valence-electron chi connectivity index (χ0n) is 10.9. The van der Waals surface area contributed by atoms with Gasteiger partial charge in [-0.15, -0.1) is 6.58 Å². The molecule has 2 atom stereocenters. The Bertz CT molecular complexity index is 397. The normalized spacial score (nSPS) is 29.1. The van der Waals surface area contributed by atoms with Crippen molar-refractivity contribution in [2.24, 2.45) is 5.92 Å². The topological polar surface area (TPSA) is 15.3 Å². The molecule has 0 aromatic heterocycles. The number of nitrogens with zero attached hydrogens (tertiary/aromatic N) is 1. The lowest BCUT2D eigenvalue weighted by molar-refractivity contribution is 0.137. The van der Waals surface area contributed by atoms with Gasteiger partial charge in [0, 0.05) is 31.7 Å². The SMILES string of the molecule is C=CCN1CC(C2CC2)NCC1c1ccccc1. The Morgan fingerprint density at radius 2 is 2.06 bits per heavy atom. The molecule has 96 valence electrons. The van der Waals surface area contributed by atoms with Crippen LogP contribution in [0.25, 0.3) is 0 Å². The van der Waals surface area contributed by atoms with Crippen LogP contribution in [0.15, 0.2) is 43.0 Å². The van der Waals surface area contributed by atoms with E-state index in [0.29, 0.717) is 12.1 Å². The molecule has 2 nitrogen and oxygen atoms in total. The van der Waals surface area contributed by atoms with Crippen LogP contribution in [-0.2, 0) is 0 Å². The van der Waals surface area contributed by atoms with E-state index in [0.717, 1.165) is 25.6 Å². The Morgan fingerprint density at radius 3 is 2.72 bits per heavy atom. The Kier molecular flexibility index (Phi) is 3.48. The molecule has 1 aliphatic heterocycles. The minimum absolute atomic E-state index is 0.499. The summed E-state index contributed by atoms with van der Waals surface area (Å²) in [5, 5.41) is 3.74. The van der Waals surface area contributed by atoms with Crippen molar-refractivity contribution in [2.75, 3.05) is 19.6 Å². The molecule has 0 radical (unpaired) electrons. The molecule has 1 heterocycles. The molecule has 1 saturated heterocycles. The van der Waals surface area contributed by atoms with Gasteiger partial charge < -0.3 is 5.32 Å². The number of hydrogen-bond donors (Lipinski definition) is 1. The smallest absolute Gasteiger partial charge is 0.0476 e. The zero-order chi connectivity index (χ0) is 12.4. The van der Waals surface area contributed by atoms with Crippen LogP contribution >= 0.6 is 0 Å². The highest BCUT2D eigenvalue weighted by molar-refractivity contribution is 5.20. The van der Waals surface area contributed by atoms with Crippen molar-refractivity contribution in [1.82, 2.24) is 10.2 Å². The second-order valence-electron chi connectivity index (χ2n) is 5.52. The molecule has 0 amide bonds. The Labute approximate surface area is 110 Å². The van der Waals surface area contributed by atoms with E-state index in [1.54, 1.807) is 0 Å². The van der Waals surface area contributed by atoms with Gasteiger partial charge in [-0.2, -0.15) is 0 Å². The van der Waals surface area contributed by atoms with E-state index in [4.69, 9.17) is 0 Å². The molecule has 2 unspecified atom stereocenters. The summed E-state index contributed by atoms with van der Waals surface area (Å²) in [4.78, 5) is 2.57. The van der Waals surface area contributed by atoms with Gasteiger partial charge in [0.05, 0.1) is 0 Å². The first kappa shape index (κ1) is 11.9. The zero-order valence-corrected chi connectivity index (χ0v) is 10.9. The van der Waals surface area contributed by atoms with Gasteiger partial charge in [-0.25, -0.2) is 0 Å². The standard InChI is InChI=1S/C16H22N2/c1-2-10-18-12-15(13-8-9-13)17-11-16(18)14-6-4-3-5-7-14/h2-7,13,15-17H,1,8-12H2. The fraction of sp³-hybridized carbons (Fsp3) is 0.500. The van der Waals surface area contributed by atoms with Crippen LogP contribution in [0.5, 0.6) is 0 Å². The lowest BCUT2D eigenvalue weighted by atomic mass is 9.99. The monoisotopic (exact) mass is 242 g/mol. The molecule has 0 bridgehead atoms. The van der Waals surface area contributed by atoms with Crippen molar-refractivity contribution in [2.45, 2.75) is 24.9 Å². The summed E-state index contributed by atoms with van der Waals surface area (Å²) in [7, 11) is 0. The molecule has 2 fully saturated rings. The summed E-state index contributed by atoms with van der Waals surface area (Å²) in [6.07, 6.45) is 4.86. The number of benzene rings is 1. The van der Waals surface area contributed by atoms with Gasteiger partial charge >= 0.3 is 0 Å². The molecular formula is C16H22N2. The number of hydrogen-bond acceptors (Lipinski definition) is 2. The second kappa shape index (κ2) is 5.25. The summed E-state index contributed by atoms with van der Waals surface area (Å²) < 4.78 is 0. The third-order valence-electron chi connectivity index (χ3n) is 4.18.